The lowest BCUT2D eigenvalue weighted by Gasteiger charge is -2.17. The van der Waals surface area contributed by atoms with Crippen molar-refractivity contribution < 1.29 is 14.0 Å². The number of carbonyl (C=O) groups excluding carboxylic acids is 2. The van der Waals surface area contributed by atoms with Crippen molar-refractivity contribution in [1.82, 2.24) is 14.7 Å². The van der Waals surface area contributed by atoms with E-state index in [0.717, 1.165) is 5.76 Å². The zero-order chi connectivity index (χ0) is 17.4. The highest BCUT2D eigenvalue weighted by atomic mass is 16.3. The Morgan fingerprint density at radius 1 is 1.44 bits per heavy atom. The highest BCUT2D eigenvalue weighted by Gasteiger charge is 2.36. The molecule has 2 aromatic heterocycles. The Bertz CT molecular complexity index is 763. The minimum absolute atomic E-state index is 0.0172. The number of amides is 2. The summed E-state index contributed by atoms with van der Waals surface area (Å²) in [5.41, 5.74) is 0. The fourth-order valence-electron chi connectivity index (χ4n) is 3.44. The van der Waals surface area contributed by atoms with Gasteiger partial charge in [0.05, 0.1) is 31.0 Å². The second kappa shape index (κ2) is 6.38. The van der Waals surface area contributed by atoms with Crippen molar-refractivity contribution in [1.29, 1.82) is 0 Å². The number of anilines is 1. The van der Waals surface area contributed by atoms with Crippen LogP contribution in [0.4, 0.5) is 5.82 Å². The summed E-state index contributed by atoms with van der Waals surface area (Å²) in [6.07, 6.45) is 5.96. The van der Waals surface area contributed by atoms with Gasteiger partial charge in [0, 0.05) is 19.0 Å². The van der Waals surface area contributed by atoms with Crippen molar-refractivity contribution in [3.05, 3.63) is 36.4 Å². The van der Waals surface area contributed by atoms with E-state index in [1.165, 1.54) is 12.8 Å². The summed E-state index contributed by atoms with van der Waals surface area (Å²) in [5, 5.41) is 7.30. The fourth-order valence-corrected chi connectivity index (χ4v) is 3.44. The summed E-state index contributed by atoms with van der Waals surface area (Å²) in [4.78, 5) is 26.5. The summed E-state index contributed by atoms with van der Waals surface area (Å²) in [6, 6.07) is 5.72. The first kappa shape index (κ1) is 15.9. The molecule has 0 spiro atoms. The van der Waals surface area contributed by atoms with Crippen LogP contribution in [0.5, 0.6) is 0 Å². The van der Waals surface area contributed by atoms with Gasteiger partial charge in [0.2, 0.25) is 11.8 Å². The molecule has 1 N–H and O–H groups in total. The van der Waals surface area contributed by atoms with Gasteiger partial charge in [0.25, 0.3) is 0 Å². The Labute approximate surface area is 146 Å². The van der Waals surface area contributed by atoms with Gasteiger partial charge in [-0.05, 0) is 37.8 Å². The van der Waals surface area contributed by atoms with Crippen LogP contribution in [-0.2, 0) is 16.1 Å². The van der Waals surface area contributed by atoms with Gasteiger partial charge >= 0.3 is 0 Å². The minimum Gasteiger partial charge on any atom is -0.467 e. The maximum absolute atomic E-state index is 12.6. The topological polar surface area (TPSA) is 80.4 Å². The lowest BCUT2D eigenvalue weighted by molar-refractivity contribution is -0.128. The number of rotatable bonds is 6. The molecule has 1 saturated heterocycles. The lowest BCUT2D eigenvalue weighted by Crippen LogP contribution is -2.28. The number of likely N-dealkylation sites (tertiary alicyclic amines) is 1. The van der Waals surface area contributed by atoms with Crippen molar-refractivity contribution in [3.8, 4) is 0 Å². The molecule has 1 aliphatic carbocycles. The molecule has 2 atom stereocenters. The molecule has 7 heteroatoms. The van der Waals surface area contributed by atoms with Gasteiger partial charge in [-0.2, -0.15) is 5.10 Å². The van der Waals surface area contributed by atoms with Gasteiger partial charge < -0.3 is 14.6 Å². The third-order valence-corrected chi connectivity index (χ3v) is 5.12. The van der Waals surface area contributed by atoms with E-state index in [-0.39, 0.29) is 30.2 Å². The van der Waals surface area contributed by atoms with E-state index in [0.29, 0.717) is 24.8 Å². The summed E-state index contributed by atoms with van der Waals surface area (Å²) < 4.78 is 7.17. The molecular weight excluding hydrogens is 320 g/mol. The Morgan fingerprint density at radius 2 is 2.28 bits per heavy atom. The van der Waals surface area contributed by atoms with Crippen molar-refractivity contribution in [2.24, 2.45) is 11.8 Å². The van der Waals surface area contributed by atoms with Crippen molar-refractivity contribution in [2.45, 2.75) is 38.8 Å². The molecular formula is C18H22N4O3. The van der Waals surface area contributed by atoms with Gasteiger partial charge in [-0.3, -0.25) is 9.59 Å². The lowest BCUT2D eigenvalue weighted by atomic mass is 10.1. The summed E-state index contributed by atoms with van der Waals surface area (Å²) in [7, 11) is 0. The number of furan rings is 1. The summed E-state index contributed by atoms with van der Waals surface area (Å²) >= 11 is 0. The zero-order valence-corrected chi connectivity index (χ0v) is 14.2. The third kappa shape index (κ3) is 3.31. The van der Waals surface area contributed by atoms with Crippen molar-refractivity contribution in [2.75, 3.05) is 11.9 Å². The molecule has 0 aromatic carbocycles. The second-order valence-electron chi connectivity index (χ2n) is 6.98. The van der Waals surface area contributed by atoms with Crippen LogP contribution >= 0.6 is 0 Å². The molecule has 3 heterocycles. The summed E-state index contributed by atoms with van der Waals surface area (Å²) in [6.45, 7) is 2.95. The van der Waals surface area contributed by atoms with Crippen LogP contribution in [0.1, 0.15) is 38.0 Å². The Kier molecular flexibility index (Phi) is 4.07. The minimum atomic E-state index is -0.345. The molecule has 0 radical (unpaired) electrons. The molecule has 2 aliphatic rings. The van der Waals surface area contributed by atoms with Crippen LogP contribution in [0.2, 0.25) is 0 Å². The molecule has 2 amide bonds. The largest absolute Gasteiger partial charge is 0.467 e. The van der Waals surface area contributed by atoms with Crippen molar-refractivity contribution >= 4 is 17.6 Å². The van der Waals surface area contributed by atoms with Crippen LogP contribution in [0.15, 0.2) is 35.1 Å². The first-order chi connectivity index (χ1) is 12.1. The smallest absolute Gasteiger partial charge is 0.230 e. The van der Waals surface area contributed by atoms with E-state index in [4.69, 9.17) is 4.42 Å². The van der Waals surface area contributed by atoms with Crippen LogP contribution in [0.25, 0.3) is 0 Å². The molecule has 1 aliphatic heterocycles. The third-order valence-electron chi connectivity index (χ3n) is 5.12. The van der Waals surface area contributed by atoms with Crippen LogP contribution < -0.4 is 5.32 Å². The van der Waals surface area contributed by atoms with Gasteiger partial charge in [0.1, 0.15) is 11.6 Å². The number of hydrogen-bond donors (Lipinski definition) is 1. The molecule has 0 bridgehead atoms. The Hall–Kier alpha value is -2.57. The first-order valence-electron chi connectivity index (χ1n) is 8.76. The van der Waals surface area contributed by atoms with E-state index < -0.39 is 0 Å². The second-order valence-corrected chi connectivity index (χ2v) is 6.98. The standard InChI is InChI=1S/C18H22N4O3/c1-12(13-4-5-13)22-16(6-7-19-22)20-18(24)14-9-17(23)21(10-14)11-15-3-2-8-25-15/h2-3,6-8,12-14H,4-5,9-11H2,1H3,(H,20,24). The maximum Gasteiger partial charge on any atom is 0.230 e. The molecule has 2 aromatic rings. The van der Waals surface area contributed by atoms with Crippen LogP contribution in [0.3, 0.4) is 0 Å². The number of carbonyl (C=O) groups is 2. The molecule has 2 unspecified atom stereocenters. The predicted molar refractivity (Wildman–Crippen MR) is 90.5 cm³/mol. The van der Waals surface area contributed by atoms with Crippen molar-refractivity contribution in [3.63, 3.8) is 0 Å². The van der Waals surface area contributed by atoms with Gasteiger partial charge in [-0.25, -0.2) is 4.68 Å². The first-order valence-corrected chi connectivity index (χ1v) is 8.76. The molecule has 25 heavy (non-hydrogen) atoms. The Morgan fingerprint density at radius 3 is 3.00 bits per heavy atom. The van der Waals surface area contributed by atoms with E-state index >= 15 is 0 Å². The monoisotopic (exact) mass is 342 g/mol. The molecule has 132 valence electrons. The highest BCUT2D eigenvalue weighted by molar-refractivity contribution is 5.96. The van der Waals surface area contributed by atoms with E-state index in [2.05, 4.69) is 17.3 Å². The normalized spacial score (nSPS) is 21.6. The number of nitrogens with one attached hydrogen (secondary N) is 1. The quantitative estimate of drug-likeness (QED) is 0.874. The van der Waals surface area contributed by atoms with E-state index in [9.17, 15) is 9.59 Å². The molecule has 2 fully saturated rings. The maximum atomic E-state index is 12.6. The summed E-state index contributed by atoms with van der Waals surface area (Å²) in [5.74, 6) is 1.60. The van der Waals surface area contributed by atoms with E-state index in [1.54, 1.807) is 23.4 Å². The predicted octanol–water partition coefficient (Wildman–Crippen LogP) is 2.43. The van der Waals surface area contributed by atoms with Crippen LogP contribution in [-0.4, -0.2) is 33.0 Å². The number of nitrogens with zero attached hydrogens (tertiary/aromatic N) is 3. The van der Waals surface area contributed by atoms with Gasteiger partial charge in [-0.1, -0.05) is 0 Å². The fraction of sp³-hybridized carbons (Fsp3) is 0.500. The molecule has 4 rings (SSSR count). The van der Waals surface area contributed by atoms with E-state index in [1.807, 2.05) is 16.8 Å². The van der Waals surface area contributed by atoms with Crippen LogP contribution in [0, 0.1) is 11.8 Å². The SMILES string of the molecule is CC(C1CC1)n1nccc1NC(=O)C1CC(=O)N(Cc2ccco2)C1. The molecule has 7 nitrogen and oxygen atoms in total. The highest BCUT2D eigenvalue weighted by Crippen LogP contribution is 2.40. The van der Waals surface area contributed by atoms with Gasteiger partial charge in [0.15, 0.2) is 0 Å². The average Bonchev–Trinajstić information content (AvgIpc) is 2.96. The van der Waals surface area contributed by atoms with Gasteiger partial charge in [-0.15, -0.1) is 0 Å². The number of hydrogen-bond acceptors (Lipinski definition) is 4. The zero-order valence-electron chi connectivity index (χ0n) is 14.2. The number of aromatic nitrogens is 2. The molecule has 1 saturated carbocycles. The Balaban J connectivity index is 1.39. The average molecular weight is 342 g/mol.